The van der Waals surface area contributed by atoms with E-state index in [2.05, 4.69) is 0 Å². The van der Waals surface area contributed by atoms with E-state index in [4.69, 9.17) is 10.5 Å². The molecule has 1 rings (SSSR count). The highest BCUT2D eigenvalue weighted by atomic mass is 19.2. The molecule has 1 aromatic rings. The fourth-order valence-electron chi connectivity index (χ4n) is 0.996. The van der Waals surface area contributed by atoms with Gasteiger partial charge in [0, 0.05) is 0 Å². The Balaban J connectivity index is 3.20. The zero-order valence-electron chi connectivity index (χ0n) is 7.37. The third kappa shape index (κ3) is 1.97. The lowest BCUT2D eigenvalue weighted by molar-refractivity contribution is 0.0966. The molecule has 1 aromatic carbocycles. The summed E-state index contributed by atoms with van der Waals surface area (Å²) in [5, 5.41) is 16.8. The van der Waals surface area contributed by atoms with Gasteiger partial charge in [0.05, 0.1) is 17.7 Å². The second-order valence-corrected chi connectivity index (χ2v) is 2.66. The van der Waals surface area contributed by atoms with Crippen molar-refractivity contribution in [3.63, 3.8) is 0 Å². The van der Waals surface area contributed by atoms with Gasteiger partial charge in [-0.1, -0.05) is 6.07 Å². The summed E-state index contributed by atoms with van der Waals surface area (Å²) < 4.78 is 25.8. The maximum atomic E-state index is 13.1. The lowest BCUT2D eigenvalue weighted by Crippen LogP contribution is -2.13. The van der Waals surface area contributed by atoms with Crippen LogP contribution in [-0.2, 0) is 0 Å². The summed E-state index contributed by atoms with van der Waals surface area (Å²) in [7, 11) is 0. The number of ketones is 1. The Morgan fingerprint density at radius 3 is 2.40 bits per heavy atom. The lowest BCUT2D eigenvalue weighted by Gasteiger charge is -2.02. The third-order valence-electron chi connectivity index (χ3n) is 1.74. The minimum absolute atomic E-state index is 0.580. The van der Waals surface area contributed by atoms with E-state index in [1.54, 1.807) is 0 Å². The van der Waals surface area contributed by atoms with Crippen LogP contribution >= 0.6 is 0 Å². The molecule has 0 saturated carbocycles. The van der Waals surface area contributed by atoms with Crippen molar-refractivity contribution in [2.24, 2.45) is 5.92 Å². The molecule has 74 valence electrons. The summed E-state index contributed by atoms with van der Waals surface area (Å²) in [4.78, 5) is 11.3. The van der Waals surface area contributed by atoms with Crippen molar-refractivity contribution in [1.82, 2.24) is 0 Å². The van der Waals surface area contributed by atoms with Gasteiger partial charge in [0.2, 0.25) is 0 Å². The predicted octanol–water partition coefficient (Wildman–Crippen LogP) is 1.81. The SMILES string of the molecule is N#CC(C#N)C(=O)c1cccc(F)c1F. The number of Topliss-reactive ketones (excluding diaryl/α,β-unsaturated/α-hetero) is 1. The topological polar surface area (TPSA) is 64.7 Å². The molecule has 0 aromatic heterocycles. The highest BCUT2D eigenvalue weighted by Gasteiger charge is 2.23. The van der Waals surface area contributed by atoms with E-state index in [9.17, 15) is 13.6 Å². The predicted molar refractivity (Wildman–Crippen MR) is 45.4 cm³/mol. The fraction of sp³-hybridized carbons (Fsp3) is 0.100. The summed E-state index contributed by atoms with van der Waals surface area (Å²) in [6.45, 7) is 0. The van der Waals surface area contributed by atoms with Gasteiger partial charge >= 0.3 is 0 Å². The molecule has 0 spiro atoms. The first-order valence-corrected chi connectivity index (χ1v) is 3.89. The molecular weight excluding hydrogens is 202 g/mol. The van der Waals surface area contributed by atoms with Crippen molar-refractivity contribution in [2.45, 2.75) is 0 Å². The Bertz CT molecular complexity index is 471. The molecule has 0 saturated heterocycles. The molecule has 0 aliphatic heterocycles. The quantitative estimate of drug-likeness (QED) is 0.693. The highest BCUT2D eigenvalue weighted by molar-refractivity contribution is 6.01. The molecule has 0 bridgehead atoms. The van der Waals surface area contributed by atoms with Crippen LogP contribution in [0.15, 0.2) is 18.2 Å². The Hall–Kier alpha value is -2.27. The molecule has 5 heteroatoms. The van der Waals surface area contributed by atoms with E-state index in [-0.39, 0.29) is 0 Å². The van der Waals surface area contributed by atoms with Gasteiger partial charge in [0.25, 0.3) is 0 Å². The van der Waals surface area contributed by atoms with Crippen LogP contribution in [0.25, 0.3) is 0 Å². The van der Waals surface area contributed by atoms with Crippen molar-refractivity contribution in [2.75, 3.05) is 0 Å². The monoisotopic (exact) mass is 206 g/mol. The van der Waals surface area contributed by atoms with Crippen molar-refractivity contribution >= 4 is 5.78 Å². The summed E-state index contributed by atoms with van der Waals surface area (Å²) in [5.74, 6) is -5.16. The maximum absolute atomic E-state index is 13.1. The van der Waals surface area contributed by atoms with Crippen molar-refractivity contribution in [3.8, 4) is 12.1 Å². The van der Waals surface area contributed by atoms with Crippen molar-refractivity contribution < 1.29 is 13.6 Å². The van der Waals surface area contributed by atoms with Crippen LogP contribution in [0.4, 0.5) is 8.78 Å². The molecule has 0 amide bonds. The Morgan fingerprint density at radius 1 is 1.27 bits per heavy atom. The van der Waals surface area contributed by atoms with Crippen molar-refractivity contribution in [3.05, 3.63) is 35.4 Å². The lowest BCUT2D eigenvalue weighted by atomic mass is 10.00. The highest BCUT2D eigenvalue weighted by Crippen LogP contribution is 2.15. The molecular formula is C10H4F2N2O. The first-order valence-electron chi connectivity index (χ1n) is 3.89. The number of nitriles is 2. The number of benzene rings is 1. The Morgan fingerprint density at radius 2 is 1.87 bits per heavy atom. The van der Waals surface area contributed by atoms with Gasteiger partial charge in [-0.05, 0) is 12.1 Å². The molecule has 0 aliphatic carbocycles. The second-order valence-electron chi connectivity index (χ2n) is 2.66. The Labute approximate surface area is 84.2 Å². The zero-order valence-corrected chi connectivity index (χ0v) is 7.37. The van der Waals surface area contributed by atoms with E-state index in [0.717, 1.165) is 18.2 Å². The molecule has 0 N–H and O–H groups in total. The van der Waals surface area contributed by atoms with Gasteiger partial charge in [0.1, 0.15) is 0 Å². The smallest absolute Gasteiger partial charge is 0.197 e. The van der Waals surface area contributed by atoms with E-state index in [1.165, 1.54) is 12.1 Å². The zero-order chi connectivity index (χ0) is 11.4. The number of hydrogen-bond acceptors (Lipinski definition) is 3. The number of nitrogens with zero attached hydrogens (tertiary/aromatic N) is 2. The van der Waals surface area contributed by atoms with Gasteiger partial charge in [-0.2, -0.15) is 10.5 Å². The van der Waals surface area contributed by atoms with Crippen molar-refractivity contribution in [1.29, 1.82) is 10.5 Å². The van der Waals surface area contributed by atoms with Crippen LogP contribution in [0.2, 0.25) is 0 Å². The first-order chi connectivity index (χ1) is 7.11. The van der Waals surface area contributed by atoms with Crippen LogP contribution in [0.3, 0.4) is 0 Å². The molecule has 0 radical (unpaired) electrons. The minimum atomic E-state index is -1.61. The number of carbonyl (C=O) groups excluding carboxylic acids is 1. The molecule has 0 atom stereocenters. The van der Waals surface area contributed by atoms with Crippen LogP contribution in [0.5, 0.6) is 0 Å². The molecule has 3 nitrogen and oxygen atoms in total. The van der Waals surface area contributed by atoms with Gasteiger partial charge < -0.3 is 0 Å². The van der Waals surface area contributed by atoms with Crippen LogP contribution in [0.1, 0.15) is 10.4 Å². The molecule has 15 heavy (non-hydrogen) atoms. The van der Waals surface area contributed by atoms with Gasteiger partial charge in [-0.15, -0.1) is 0 Å². The molecule has 0 aliphatic rings. The van der Waals surface area contributed by atoms with E-state index in [0.29, 0.717) is 0 Å². The molecule has 0 heterocycles. The standard InChI is InChI=1S/C10H4F2N2O/c11-8-3-1-2-7(9(8)12)10(15)6(4-13)5-14/h1-3,6H. The number of hydrogen-bond donors (Lipinski definition) is 0. The van der Waals surface area contributed by atoms with E-state index >= 15 is 0 Å². The number of halogens is 2. The van der Waals surface area contributed by atoms with Crippen LogP contribution < -0.4 is 0 Å². The summed E-state index contributed by atoms with van der Waals surface area (Å²) in [6, 6.07) is 5.81. The minimum Gasteiger partial charge on any atom is -0.291 e. The Kier molecular flexibility index (Phi) is 3.10. The van der Waals surface area contributed by atoms with E-state index < -0.39 is 28.9 Å². The fourth-order valence-corrected chi connectivity index (χ4v) is 0.996. The summed E-state index contributed by atoms with van der Waals surface area (Å²) >= 11 is 0. The van der Waals surface area contributed by atoms with Crippen LogP contribution in [0, 0.1) is 40.2 Å². The summed E-state index contributed by atoms with van der Waals surface area (Å²) in [5.41, 5.74) is -0.580. The average Bonchev–Trinajstić information content (AvgIpc) is 2.23. The van der Waals surface area contributed by atoms with Gasteiger partial charge in [-0.25, -0.2) is 8.78 Å². The first kappa shape index (κ1) is 10.8. The number of carbonyl (C=O) groups is 1. The number of rotatable bonds is 2. The third-order valence-corrected chi connectivity index (χ3v) is 1.74. The van der Waals surface area contributed by atoms with Crippen LogP contribution in [-0.4, -0.2) is 5.78 Å². The van der Waals surface area contributed by atoms with E-state index in [1.807, 2.05) is 0 Å². The van der Waals surface area contributed by atoms with Gasteiger partial charge in [0.15, 0.2) is 23.3 Å². The second kappa shape index (κ2) is 4.30. The molecule has 0 unspecified atom stereocenters. The van der Waals surface area contributed by atoms with Gasteiger partial charge in [-0.3, -0.25) is 4.79 Å². The summed E-state index contributed by atoms with van der Waals surface area (Å²) in [6.07, 6.45) is 0. The molecule has 0 fully saturated rings. The normalized spacial score (nSPS) is 9.40. The maximum Gasteiger partial charge on any atom is 0.197 e. The largest absolute Gasteiger partial charge is 0.291 e. The average molecular weight is 206 g/mol.